The minimum Gasteiger partial charge on any atom is -0.487 e. The third kappa shape index (κ3) is 6.99. The van der Waals surface area contributed by atoms with Gasteiger partial charge in [-0.1, -0.05) is 12.1 Å². The number of halogens is 1. The predicted octanol–water partition coefficient (Wildman–Crippen LogP) is 2.94. The maximum atomic E-state index is 11.7. The van der Waals surface area contributed by atoms with Gasteiger partial charge >= 0.3 is 11.9 Å². The molecule has 0 fully saturated rings. The van der Waals surface area contributed by atoms with Crippen molar-refractivity contribution in [2.45, 2.75) is 32.8 Å². The molecule has 0 aliphatic carbocycles. The first-order valence-corrected chi connectivity index (χ1v) is 7.24. The number of rotatable bonds is 8. The van der Waals surface area contributed by atoms with Crippen molar-refractivity contribution in [3.63, 3.8) is 0 Å². The van der Waals surface area contributed by atoms with Crippen molar-refractivity contribution in [3.8, 4) is 11.5 Å². The van der Waals surface area contributed by atoms with Crippen molar-refractivity contribution in [2.75, 3.05) is 12.5 Å². The summed E-state index contributed by atoms with van der Waals surface area (Å²) in [6.45, 7) is 3.90. The van der Waals surface area contributed by atoms with Crippen molar-refractivity contribution >= 4 is 23.5 Å². The van der Waals surface area contributed by atoms with E-state index in [9.17, 15) is 9.59 Å². The Balaban J connectivity index is 2.49. The van der Waals surface area contributed by atoms with Gasteiger partial charge < -0.3 is 14.2 Å². The van der Waals surface area contributed by atoms with E-state index < -0.39 is 11.9 Å². The van der Waals surface area contributed by atoms with Gasteiger partial charge in [0.1, 0.15) is 6.61 Å². The molecule has 1 aromatic rings. The fourth-order valence-electron chi connectivity index (χ4n) is 1.49. The van der Waals surface area contributed by atoms with Gasteiger partial charge in [-0.15, -0.1) is 11.6 Å². The number of benzene rings is 1. The fourth-order valence-corrected chi connectivity index (χ4v) is 1.57. The zero-order valence-electron chi connectivity index (χ0n) is 12.1. The summed E-state index contributed by atoms with van der Waals surface area (Å²) in [7, 11) is 0. The second-order valence-corrected chi connectivity index (χ2v) is 4.87. The SMILES string of the molecule is CC(C)Oc1ccccc1OC(=O)CCC(=O)OCCCl. The van der Waals surface area contributed by atoms with Gasteiger partial charge in [-0.3, -0.25) is 9.59 Å². The van der Waals surface area contributed by atoms with Crippen LogP contribution in [0.2, 0.25) is 0 Å². The van der Waals surface area contributed by atoms with Gasteiger partial charge in [-0.2, -0.15) is 0 Å². The van der Waals surface area contributed by atoms with Gasteiger partial charge in [0, 0.05) is 0 Å². The molecule has 116 valence electrons. The third-order valence-electron chi connectivity index (χ3n) is 2.31. The normalized spacial score (nSPS) is 10.3. The first-order valence-electron chi connectivity index (χ1n) is 6.71. The Kier molecular flexibility index (Phi) is 7.61. The Labute approximate surface area is 129 Å². The topological polar surface area (TPSA) is 61.8 Å². The molecule has 0 atom stereocenters. The third-order valence-corrected chi connectivity index (χ3v) is 2.46. The second-order valence-electron chi connectivity index (χ2n) is 4.50. The van der Waals surface area contributed by atoms with Crippen molar-refractivity contribution < 1.29 is 23.8 Å². The lowest BCUT2D eigenvalue weighted by Crippen LogP contribution is -2.14. The molecule has 0 spiro atoms. The van der Waals surface area contributed by atoms with E-state index in [-0.39, 0.29) is 31.4 Å². The Bertz CT molecular complexity index is 473. The van der Waals surface area contributed by atoms with Crippen molar-refractivity contribution in [3.05, 3.63) is 24.3 Å². The number of esters is 2. The van der Waals surface area contributed by atoms with Crippen molar-refractivity contribution in [2.24, 2.45) is 0 Å². The molecular formula is C15H19ClO5. The van der Waals surface area contributed by atoms with Crippen LogP contribution in [0, 0.1) is 0 Å². The number of carbonyl (C=O) groups is 2. The van der Waals surface area contributed by atoms with Crippen molar-refractivity contribution in [1.82, 2.24) is 0 Å². The second kappa shape index (κ2) is 9.23. The van der Waals surface area contributed by atoms with Crippen LogP contribution < -0.4 is 9.47 Å². The highest BCUT2D eigenvalue weighted by atomic mass is 35.5. The lowest BCUT2D eigenvalue weighted by molar-refractivity contribution is -0.146. The maximum absolute atomic E-state index is 11.7. The van der Waals surface area contributed by atoms with Gasteiger partial charge in [0.2, 0.25) is 0 Å². The van der Waals surface area contributed by atoms with E-state index in [4.69, 9.17) is 25.8 Å². The number of carbonyl (C=O) groups excluding carboxylic acids is 2. The first kappa shape index (κ1) is 17.3. The smallest absolute Gasteiger partial charge is 0.311 e. The fraction of sp³-hybridized carbons (Fsp3) is 0.467. The van der Waals surface area contributed by atoms with Crippen LogP contribution in [0.3, 0.4) is 0 Å². The molecule has 0 heterocycles. The number of alkyl halides is 1. The molecule has 1 aromatic carbocycles. The summed E-state index contributed by atoms with van der Waals surface area (Å²) >= 11 is 5.39. The zero-order valence-corrected chi connectivity index (χ0v) is 12.9. The molecule has 0 aliphatic rings. The largest absolute Gasteiger partial charge is 0.487 e. The van der Waals surface area contributed by atoms with Crippen LogP contribution in [0.25, 0.3) is 0 Å². The summed E-state index contributed by atoms with van der Waals surface area (Å²) in [4.78, 5) is 23.0. The molecule has 21 heavy (non-hydrogen) atoms. The highest BCUT2D eigenvalue weighted by Gasteiger charge is 2.13. The first-order chi connectivity index (χ1) is 10.0. The van der Waals surface area contributed by atoms with Crippen LogP contribution in [0.1, 0.15) is 26.7 Å². The molecular weight excluding hydrogens is 296 g/mol. The average molecular weight is 315 g/mol. The molecule has 0 N–H and O–H groups in total. The van der Waals surface area contributed by atoms with Gasteiger partial charge in [0.05, 0.1) is 24.8 Å². The van der Waals surface area contributed by atoms with Gasteiger partial charge in [0.25, 0.3) is 0 Å². The highest BCUT2D eigenvalue weighted by Crippen LogP contribution is 2.27. The van der Waals surface area contributed by atoms with Crippen LogP contribution in [0.15, 0.2) is 24.3 Å². The van der Waals surface area contributed by atoms with Gasteiger partial charge in [0.15, 0.2) is 11.5 Å². The summed E-state index contributed by atoms with van der Waals surface area (Å²) in [6.07, 6.45) is -0.129. The molecule has 0 bridgehead atoms. The minimum absolute atomic E-state index is 0.0321. The molecule has 0 aliphatic heterocycles. The number of hydrogen-bond donors (Lipinski definition) is 0. The molecule has 0 saturated heterocycles. The van der Waals surface area contributed by atoms with Crippen LogP contribution >= 0.6 is 11.6 Å². The van der Waals surface area contributed by atoms with E-state index in [2.05, 4.69) is 0 Å². The van der Waals surface area contributed by atoms with Crippen LogP contribution in [-0.4, -0.2) is 30.5 Å². The molecule has 0 aromatic heterocycles. The van der Waals surface area contributed by atoms with E-state index in [0.717, 1.165) is 0 Å². The summed E-state index contributed by atoms with van der Waals surface area (Å²) in [5.74, 6) is 0.0728. The molecule has 1 rings (SSSR count). The van der Waals surface area contributed by atoms with E-state index in [1.54, 1.807) is 24.3 Å². The zero-order chi connectivity index (χ0) is 15.7. The van der Waals surface area contributed by atoms with Crippen LogP contribution in [0.5, 0.6) is 11.5 Å². The lowest BCUT2D eigenvalue weighted by atomic mass is 10.3. The Morgan fingerprint density at radius 2 is 1.71 bits per heavy atom. The van der Waals surface area contributed by atoms with E-state index >= 15 is 0 Å². The highest BCUT2D eigenvalue weighted by molar-refractivity contribution is 6.18. The van der Waals surface area contributed by atoms with E-state index in [1.807, 2.05) is 13.8 Å². The summed E-state index contributed by atoms with van der Waals surface area (Å²) in [5.41, 5.74) is 0. The van der Waals surface area contributed by atoms with E-state index in [0.29, 0.717) is 11.5 Å². The molecule has 0 saturated carbocycles. The lowest BCUT2D eigenvalue weighted by Gasteiger charge is -2.13. The maximum Gasteiger partial charge on any atom is 0.311 e. The van der Waals surface area contributed by atoms with E-state index in [1.165, 1.54) is 0 Å². The minimum atomic E-state index is -0.516. The van der Waals surface area contributed by atoms with Crippen molar-refractivity contribution in [1.29, 1.82) is 0 Å². The Morgan fingerprint density at radius 3 is 2.33 bits per heavy atom. The van der Waals surface area contributed by atoms with Gasteiger partial charge in [-0.05, 0) is 26.0 Å². The standard InChI is InChI=1S/C15H19ClO5/c1-11(2)20-12-5-3-4-6-13(12)21-15(18)8-7-14(17)19-10-9-16/h3-6,11H,7-10H2,1-2H3. The average Bonchev–Trinajstić information content (AvgIpc) is 2.44. The molecule has 6 heteroatoms. The molecule has 0 amide bonds. The van der Waals surface area contributed by atoms with Crippen LogP contribution in [-0.2, 0) is 14.3 Å². The summed E-state index contributed by atoms with van der Waals surface area (Å²) < 4.78 is 15.5. The molecule has 0 unspecified atom stereocenters. The number of hydrogen-bond acceptors (Lipinski definition) is 5. The van der Waals surface area contributed by atoms with Crippen LogP contribution in [0.4, 0.5) is 0 Å². The van der Waals surface area contributed by atoms with Gasteiger partial charge in [-0.25, -0.2) is 0 Å². The predicted molar refractivity (Wildman–Crippen MR) is 78.8 cm³/mol. The number of ether oxygens (including phenoxy) is 3. The Morgan fingerprint density at radius 1 is 1.10 bits per heavy atom. The quantitative estimate of drug-likeness (QED) is 0.419. The Hall–Kier alpha value is -1.75. The summed E-state index contributed by atoms with van der Waals surface area (Å²) in [6, 6.07) is 6.89. The molecule has 0 radical (unpaired) electrons. The summed E-state index contributed by atoms with van der Waals surface area (Å²) in [5, 5.41) is 0. The molecule has 5 nitrogen and oxygen atoms in total. The number of para-hydroxylation sites is 2. The monoisotopic (exact) mass is 314 g/mol.